The Hall–Kier alpha value is -1.76. The molecule has 1 aromatic rings. The second kappa shape index (κ2) is 6.63. The first kappa shape index (κ1) is 17.1. The summed E-state index contributed by atoms with van der Waals surface area (Å²) in [5.74, 6) is 1.59. The number of benzene rings is 1. The minimum absolute atomic E-state index is 0.197. The van der Waals surface area contributed by atoms with E-state index in [1.807, 2.05) is 0 Å². The summed E-state index contributed by atoms with van der Waals surface area (Å²) in [6.45, 7) is -0.208. The zero-order chi connectivity index (χ0) is 17.3. The number of carbonyl (C=O) groups is 1. The summed E-state index contributed by atoms with van der Waals surface area (Å²) in [7, 11) is -2.05. The van der Waals surface area contributed by atoms with Crippen LogP contribution in [0.1, 0.15) is 25.7 Å². The number of sulfonamides is 1. The van der Waals surface area contributed by atoms with Gasteiger partial charge in [0, 0.05) is 12.1 Å². The Morgan fingerprint density at radius 2 is 2.12 bits per heavy atom. The lowest BCUT2D eigenvalue weighted by Gasteiger charge is -2.26. The van der Waals surface area contributed by atoms with Crippen LogP contribution in [0.2, 0.25) is 0 Å². The fraction of sp³-hybridized carbons (Fsp3) is 0.588. The quantitative estimate of drug-likeness (QED) is 0.846. The van der Waals surface area contributed by atoms with E-state index in [1.165, 1.54) is 26.4 Å². The van der Waals surface area contributed by atoms with Gasteiger partial charge < -0.3 is 10.1 Å². The van der Waals surface area contributed by atoms with Gasteiger partial charge in [-0.25, -0.2) is 8.42 Å². The van der Waals surface area contributed by atoms with E-state index >= 15 is 0 Å². The fourth-order valence-corrected chi connectivity index (χ4v) is 4.82. The van der Waals surface area contributed by atoms with Crippen LogP contribution in [0.4, 0.5) is 5.69 Å². The highest BCUT2D eigenvalue weighted by molar-refractivity contribution is 7.92. The van der Waals surface area contributed by atoms with Crippen LogP contribution in [-0.4, -0.2) is 40.3 Å². The normalized spacial score (nSPS) is 25.5. The number of hydrogen-bond donors (Lipinski definition) is 1. The van der Waals surface area contributed by atoms with Crippen LogP contribution in [0.5, 0.6) is 5.75 Å². The summed E-state index contributed by atoms with van der Waals surface area (Å²) in [6, 6.07) is 6.92. The van der Waals surface area contributed by atoms with Crippen LogP contribution in [0.3, 0.4) is 0 Å². The summed E-state index contributed by atoms with van der Waals surface area (Å²) in [4.78, 5) is 12.4. The van der Waals surface area contributed by atoms with Crippen molar-refractivity contribution in [3.05, 3.63) is 24.3 Å². The molecular weight excluding hydrogens is 328 g/mol. The van der Waals surface area contributed by atoms with Crippen molar-refractivity contribution < 1.29 is 17.9 Å². The molecule has 2 saturated carbocycles. The van der Waals surface area contributed by atoms with Gasteiger partial charge in [-0.3, -0.25) is 9.10 Å². The van der Waals surface area contributed by atoms with E-state index in [4.69, 9.17) is 4.74 Å². The molecule has 2 aliphatic carbocycles. The minimum Gasteiger partial charge on any atom is -0.497 e. The summed E-state index contributed by atoms with van der Waals surface area (Å²) in [5, 5.41) is 3.03. The molecule has 24 heavy (non-hydrogen) atoms. The average molecular weight is 352 g/mol. The molecule has 0 saturated heterocycles. The maximum atomic E-state index is 12.4. The number of methoxy groups -OCH3 is 1. The topological polar surface area (TPSA) is 75.7 Å². The van der Waals surface area contributed by atoms with Crippen molar-refractivity contribution in [3.8, 4) is 5.75 Å². The number of ether oxygens (including phenoxy) is 1. The van der Waals surface area contributed by atoms with Crippen LogP contribution in [0, 0.1) is 11.8 Å². The molecule has 0 aliphatic heterocycles. The highest BCUT2D eigenvalue weighted by atomic mass is 32.2. The lowest BCUT2D eigenvalue weighted by Crippen LogP contribution is -2.45. The maximum absolute atomic E-state index is 12.4. The molecule has 3 rings (SSSR count). The summed E-state index contributed by atoms with van der Waals surface area (Å²) < 4.78 is 30.5. The summed E-state index contributed by atoms with van der Waals surface area (Å²) >= 11 is 0. The second-order valence-corrected chi connectivity index (χ2v) is 8.73. The van der Waals surface area contributed by atoms with Crippen LogP contribution < -0.4 is 14.4 Å². The van der Waals surface area contributed by atoms with E-state index < -0.39 is 10.0 Å². The number of nitrogens with zero attached hydrogens (tertiary/aromatic N) is 1. The molecule has 0 radical (unpaired) electrons. The van der Waals surface area contributed by atoms with E-state index in [0.717, 1.165) is 22.9 Å². The van der Waals surface area contributed by atoms with Gasteiger partial charge in [0.25, 0.3) is 0 Å². The highest BCUT2D eigenvalue weighted by Crippen LogP contribution is 2.44. The molecular formula is C17H24N2O4S. The number of carbonyl (C=O) groups excluding carboxylic acids is 1. The van der Waals surface area contributed by atoms with Gasteiger partial charge in [-0.05, 0) is 43.2 Å². The first-order valence-electron chi connectivity index (χ1n) is 8.28. The van der Waals surface area contributed by atoms with Crippen molar-refractivity contribution in [2.75, 3.05) is 24.2 Å². The predicted octanol–water partition coefficient (Wildman–Crippen LogP) is 1.77. The Morgan fingerprint density at radius 3 is 2.71 bits per heavy atom. The highest BCUT2D eigenvalue weighted by Gasteiger charge is 2.40. The van der Waals surface area contributed by atoms with Crippen molar-refractivity contribution in [3.63, 3.8) is 0 Å². The van der Waals surface area contributed by atoms with E-state index in [2.05, 4.69) is 5.32 Å². The molecule has 2 bridgehead atoms. The summed E-state index contributed by atoms with van der Waals surface area (Å²) in [6.07, 6.45) is 5.75. The average Bonchev–Trinajstić information content (AvgIpc) is 3.14. The summed E-state index contributed by atoms with van der Waals surface area (Å²) in [5.41, 5.74) is 0.431. The lowest BCUT2D eigenvalue weighted by molar-refractivity contribution is -0.120. The van der Waals surface area contributed by atoms with E-state index in [9.17, 15) is 13.2 Å². The van der Waals surface area contributed by atoms with Gasteiger partial charge in [-0.1, -0.05) is 12.5 Å². The van der Waals surface area contributed by atoms with Gasteiger partial charge in [0.1, 0.15) is 12.3 Å². The third-order valence-corrected chi connectivity index (χ3v) is 6.25. The monoisotopic (exact) mass is 352 g/mol. The molecule has 132 valence electrons. The number of hydrogen-bond acceptors (Lipinski definition) is 4. The smallest absolute Gasteiger partial charge is 0.241 e. The van der Waals surface area contributed by atoms with Gasteiger partial charge >= 0.3 is 0 Å². The van der Waals surface area contributed by atoms with Gasteiger partial charge in [-0.2, -0.15) is 0 Å². The number of nitrogens with one attached hydrogen (secondary N) is 1. The predicted molar refractivity (Wildman–Crippen MR) is 92.6 cm³/mol. The van der Waals surface area contributed by atoms with E-state index in [1.54, 1.807) is 24.3 Å². The van der Waals surface area contributed by atoms with Crippen LogP contribution >= 0.6 is 0 Å². The SMILES string of the molecule is COc1cccc(N(CC(=O)NC2CC3CCC2C3)S(C)(=O)=O)c1. The minimum atomic E-state index is -3.56. The van der Waals surface area contributed by atoms with Gasteiger partial charge in [0.15, 0.2) is 0 Å². The molecule has 1 aromatic carbocycles. The van der Waals surface area contributed by atoms with E-state index in [0.29, 0.717) is 17.4 Å². The first-order valence-corrected chi connectivity index (χ1v) is 10.1. The van der Waals surface area contributed by atoms with E-state index in [-0.39, 0.29) is 18.5 Å². The van der Waals surface area contributed by atoms with Crippen LogP contribution in [0.15, 0.2) is 24.3 Å². The molecule has 3 unspecified atom stereocenters. The van der Waals surface area contributed by atoms with Crippen molar-refractivity contribution >= 4 is 21.6 Å². The van der Waals surface area contributed by atoms with Gasteiger partial charge in [0.2, 0.25) is 15.9 Å². The molecule has 0 heterocycles. The Morgan fingerprint density at radius 1 is 1.33 bits per heavy atom. The molecule has 2 aliphatic rings. The number of fused-ring (bicyclic) bond motifs is 2. The van der Waals surface area contributed by atoms with Crippen molar-refractivity contribution in [2.45, 2.75) is 31.7 Å². The zero-order valence-electron chi connectivity index (χ0n) is 14.1. The number of rotatable bonds is 6. The molecule has 2 fully saturated rings. The largest absolute Gasteiger partial charge is 0.497 e. The molecule has 1 amide bonds. The maximum Gasteiger partial charge on any atom is 0.241 e. The number of amides is 1. The first-order chi connectivity index (χ1) is 11.4. The third kappa shape index (κ3) is 3.66. The standard InChI is InChI=1S/C17H24N2O4S/c1-23-15-5-3-4-14(10-15)19(24(2,21)22)11-17(20)18-16-9-12-6-7-13(16)8-12/h3-5,10,12-13,16H,6-9,11H2,1-2H3,(H,18,20). The number of anilines is 1. The molecule has 0 spiro atoms. The Kier molecular flexibility index (Phi) is 4.71. The zero-order valence-corrected chi connectivity index (χ0v) is 14.9. The molecule has 1 N–H and O–H groups in total. The Labute approximate surface area is 143 Å². The molecule has 7 heteroatoms. The van der Waals surface area contributed by atoms with Gasteiger partial charge in [-0.15, -0.1) is 0 Å². The molecule has 0 aromatic heterocycles. The Balaban J connectivity index is 1.71. The van der Waals surface area contributed by atoms with Crippen LogP contribution in [0.25, 0.3) is 0 Å². The third-order valence-electron chi connectivity index (χ3n) is 5.11. The van der Waals surface area contributed by atoms with Crippen molar-refractivity contribution in [1.82, 2.24) is 5.32 Å². The Bertz CT molecular complexity index is 719. The van der Waals surface area contributed by atoms with Gasteiger partial charge in [0.05, 0.1) is 19.1 Å². The molecule has 6 nitrogen and oxygen atoms in total. The lowest BCUT2D eigenvalue weighted by atomic mass is 9.95. The molecule has 3 atom stereocenters. The van der Waals surface area contributed by atoms with Crippen molar-refractivity contribution in [1.29, 1.82) is 0 Å². The fourth-order valence-electron chi connectivity index (χ4n) is 3.97. The van der Waals surface area contributed by atoms with Crippen LogP contribution in [-0.2, 0) is 14.8 Å². The van der Waals surface area contributed by atoms with Crippen molar-refractivity contribution in [2.24, 2.45) is 11.8 Å². The second-order valence-electron chi connectivity index (χ2n) is 6.82.